The Morgan fingerprint density at radius 2 is 1.38 bits per heavy atom. The third-order valence-corrected chi connectivity index (χ3v) is 6.17. The van der Waals surface area contributed by atoms with Crippen molar-refractivity contribution in [2.75, 3.05) is 5.32 Å². The Morgan fingerprint density at radius 3 is 1.95 bits per heavy atom. The molecule has 194 valence electrons. The number of carboxylic acid groups (broad SMARTS) is 1. The molecule has 7 heteroatoms. The molecule has 0 saturated carbocycles. The molecule has 3 rings (SSSR count). The van der Waals surface area contributed by atoms with Crippen LogP contribution in [-0.4, -0.2) is 39.6 Å². The zero-order valence-electron chi connectivity index (χ0n) is 21.2. The fourth-order valence-corrected chi connectivity index (χ4v) is 4.14. The maximum absolute atomic E-state index is 13.1. The second-order valence-electron chi connectivity index (χ2n) is 9.70. The summed E-state index contributed by atoms with van der Waals surface area (Å²) < 4.78 is 0. The highest BCUT2D eigenvalue weighted by Crippen LogP contribution is 2.22. The molecule has 4 N–H and O–H groups in total. The number of amides is 2. The summed E-state index contributed by atoms with van der Waals surface area (Å²) >= 11 is 0. The number of carboxylic acids is 1. The molecular formula is C30H34N2O5. The molecule has 0 aliphatic rings. The summed E-state index contributed by atoms with van der Waals surface area (Å²) in [4.78, 5) is 37.4. The Morgan fingerprint density at radius 1 is 0.811 bits per heavy atom. The number of aliphatic hydroxyl groups is 1. The van der Waals surface area contributed by atoms with Crippen LogP contribution in [0.1, 0.15) is 38.7 Å². The molecule has 2 amide bonds. The molecule has 2 atom stereocenters. The number of para-hydroxylation sites is 1. The molecule has 0 aliphatic carbocycles. The van der Waals surface area contributed by atoms with Crippen LogP contribution >= 0.6 is 0 Å². The van der Waals surface area contributed by atoms with E-state index in [2.05, 4.69) is 10.6 Å². The van der Waals surface area contributed by atoms with Crippen LogP contribution in [0.5, 0.6) is 0 Å². The van der Waals surface area contributed by atoms with Crippen molar-refractivity contribution in [3.8, 4) is 11.1 Å². The van der Waals surface area contributed by atoms with Gasteiger partial charge in [-0.15, -0.1) is 0 Å². The van der Waals surface area contributed by atoms with Crippen LogP contribution < -0.4 is 10.6 Å². The van der Waals surface area contributed by atoms with Gasteiger partial charge >= 0.3 is 5.97 Å². The van der Waals surface area contributed by atoms with E-state index in [0.29, 0.717) is 24.9 Å². The lowest BCUT2D eigenvalue weighted by molar-refractivity contribution is -0.142. The number of hydrogen-bond donors (Lipinski definition) is 4. The summed E-state index contributed by atoms with van der Waals surface area (Å²) in [6.45, 7) is 2.85. The Kier molecular flexibility index (Phi) is 9.57. The molecule has 3 aromatic rings. The zero-order valence-corrected chi connectivity index (χ0v) is 21.2. The molecule has 0 heterocycles. The number of aliphatic carboxylic acids is 1. The van der Waals surface area contributed by atoms with E-state index in [1.165, 1.54) is 13.8 Å². The number of rotatable bonds is 12. The van der Waals surface area contributed by atoms with Gasteiger partial charge in [-0.2, -0.15) is 0 Å². The van der Waals surface area contributed by atoms with Gasteiger partial charge in [0, 0.05) is 11.6 Å². The fourth-order valence-electron chi connectivity index (χ4n) is 4.14. The van der Waals surface area contributed by atoms with Crippen LogP contribution in [0.2, 0.25) is 0 Å². The standard InChI is InChI=1S/C30H34N2O5/c1-30(2,37)27(29(36)31-25-14-7-4-8-15-25)32-28(35)24(20-26(33)34)13-9-10-21-16-18-23(19-17-21)22-11-5-3-6-12-22/h3-8,11-12,14-19,24,27,37H,9-10,13,20H2,1-2H3,(H,31,36)(H,32,35)(H,33,34)/t24-,27?/m1/s1. The molecule has 0 radical (unpaired) electrons. The van der Waals surface area contributed by atoms with E-state index in [-0.39, 0.29) is 6.42 Å². The van der Waals surface area contributed by atoms with Gasteiger partial charge in [0.05, 0.1) is 12.0 Å². The van der Waals surface area contributed by atoms with E-state index in [1.54, 1.807) is 30.3 Å². The Balaban J connectivity index is 1.62. The van der Waals surface area contributed by atoms with Gasteiger partial charge in [-0.25, -0.2) is 0 Å². The minimum Gasteiger partial charge on any atom is -0.481 e. The lowest BCUT2D eigenvalue weighted by atomic mass is 9.92. The van der Waals surface area contributed by atoms with Gasteiger partial charge in [-0.3, -0.25) is 14.4 Å². The van der Waals surface area contributed by atoms with E-state index in [1.807, 2.05) is 54.6 Å². The van der Waals surface area contributed by atoms with E-state index in [4.69, 9.17) is 0 Å². The topological polar surface area (TPSA) is 116 Å². The van der Waals surface area contributed by atoms with Crippen molar-refractivity contribution in [1.29, 1.82) is 0 Å². The lowest BCUT2D eigenvalue weighted by Gasteiger charge is -2.30. The molecular weight excluding hydrogens is 468 g/mol. The van der Waals surface area contributed by atoms with Crippen LogP contribution in [0.4, 0.5) is 5.69 Å². The Hall–Kier alpha value is -3.97. The maximum atomic E-state index is 13.1. The first-order valence-electron chi connectivity index (χ1n) is 12.4. The molecule has 7 nitrogen and oxygen atoms in total. The summed E-state index contributed by atoms with van der Waals surface area (Å²) in [5, 5.41) is 25.2. The molecule has 0 aliphatic heterocycles. The molecule has 37 heavy (non-hydrogen) atoms. The highest BCUT2D eigenvalue weighted by atomic mass is 16.4. The minimum absolute atomic E-state index is 0.331. The molecule has 3 aromatic carbocycles. The average molecular weight is 503 g/mol. The van der Waals surface area contributed by atoms with Gasteiger partial charge in [-0.05, 0) is 61.9 Å². The van der Waals surface area contributed by atoms with Crippen LogP contribution in [0.3, 0.4) is 0 Å². The maximum Gasteiger partial charge on any atom is 0.304 e. The number of carbonyl (C=O) groups excluding carboxylic acids is 2. The average Bonchev–Trinajstić information content (AvgIpc) is 2.87. The Labute approximate surface area is 217 Å². The van der Waals surface area contributed by atoms with Crippen LogP contribution in [0, 0.1) is 5.92 Å². The first-order chi connectivity index (χ1) is 17.6. The summed E-state index contributed by atoms with van der Waals surface area (Å²) in [7, 11) is 0. The molecule has 0 fully saturated rings. The smallest absolute Gasteiger partial charge is 0.304 e. The van der Waals surface area contributed by atoms with E-state index >= 15 is 0 Å². The Bertz CT molecular complexity index is 1170. The molecule has 0 aromatic heterocycles. The first kappa shape index (κ1) is 27.6. The summed E-state index contributed by atoms with van der Waals surface area (Å²) in [5.41, 5.74) is 2.29. The van der Waals surface area contributed by atoms with Crippen LogP contribution in [0.25, 0.3) is 11.1 Å². The number of anilines is 1. The largest absolute Gasteiger partial charge is 0.481 e. The predicted octanol–water partition coefficient (Wildman–Crippen LogP) is 4.66. The van der Waals surface area contributed by atoms with Crippen molar-refractivity contribution in [3.05, 3.63) is 90.5 Å². The number of aryl methyl sites for hydroxylation is 1. The van der Waals surface area contributed by atoms with E-state index in [9.17, 15) is 24.6 Å². The number of benzene rings is 3. The number of hydrogen-bond acceptors (Lipinski definition) is 4. The van der Waals surface area contributed by atoms with Gasteiger partial charge in [0.25, 0.3) is 0 Å². The van der Waals surface area contributed by atoms with Crippen molar-refractivity contribution in [1.82, 2.24) is 5.32 Å². The third kappa shape index (κ3) is 8.58. The van der Waals surface area contributed by atoms with Gasteiger partial charge in [0.15, 0.2) is 0 Å². The van der Waals surface area contributed by atoms with Gasteiger partial charge in [0.2, 0.25) is 11.8 Å². The monoisotopic (exact) mass is 502 g/mol. The highest BCUT2D eigenvalue weighted by Gasteiger charge is 2.36. The fraction of sp³-hybridized carbons (Fsp3) is 0.300. The highest BCUT2D eigenvalue weighted by molar-refractivity contribution is 5.98. The number of nitrogens with one attached hydrogen (secondary N) is 2. The SMILES string of the molecule is CC(C)(O)C(NC(=O)[C@H](CCCc1ccc(-c2ccccc2)cc1)CC(=O)O)C(=O)Nc1ccccc1. The van der Waals surface area contributed by atoms with Crippen molar-refractivity contribution in [3.63, 3.8) is 0 Å². The minimum atomic E-state index is -1.57. The van der Waals surface area contributed by atoms with Crippen LogP contribution in [0.15, 0.2) is 84.9 Å². The second-order valence-corrected chi connectivity index (χ2v) is 9.70. The van der Waals surface area contributed by atoms with Gasteiger partial charge in [0.1, 0.15) is 6.04 Å². The summed E-state index contributed by atoms with van der Waals surface area (Å²) in [5.74, 6) is -3.09. The van der Waals surface area contributed by atoms with Crippen molar-refractivity contribution < 1.29 is 24.6 Å². The van der Waals surface area contributed by atoms with E-state index < -0.39 is 35.3 Å². The molecule has 1 unspecified atom stereocenters. The van der Waals surface area contributed by atoms with Crippen molar-refractivity contribution >= 4 is 23.5 Å². The zero-order chi connectivity index (χ0) is 26.8. The predicted molar refractivity (Wildman–Crippen MR) is 144 cm³/mol. The summed E-state index contributed by atoms with van der Waals surface area (Å²) in [6.07, 6.45) is 1.25. The third-order valence-electron chi connectivity index (χ3n) is 6.17. The lowest BCUT2D eigenvalue weighted by Crippen LogP contribution is -2.57. The normalized spacial score (nSPS) is 12.8. The summed E-state index contributed by atoms with van der Waals surface area (Å²) in [6, 6.07) is 25.7. The molecule has 0 spiro atoms. The van der Waals surface area contributed by atoms with Gasteiger partial charge in [-0.1, -0.05) is 72.8 Å². The van der Waals surface area contributed by atoms with Gasteiger partial charge < -0.3 is 20.8 Å². The van der Waals surface area contributed by atoms with Crippen molar-refractivity contribution in [2.45, 2.75) is 51.2 Å². The van der Waals surface area contributed by atoms with Crippen LogP contribution in [-0.2, 0) is 20.8 Å². The first-order valence-corrected chi connectivity index (χ1v) is 12.4. The van der Waals surface area contributed by atoms with Crippen molar-refractivity contribution in [2.24, 2.45) is 5.92 Å². The second kappa shape index (κ2) is 12.8. The van der Waals surface area contributed by atoms with E-state index in [0.717, 1.165) is 16.7 Å². The molecule has 0 bridgehead atoms. The molecule has 0 saturated heterocycles. The number of carbonyl (C=O) groups is 3. The quantitative estimate of drug-likeness (QED) is 0.287.